The molecule has 0 bridgehead atoms. The van der Waals surface area contributed by atoms with Crippen LogP contribution in [0.15, 0.2) is 20.5 Å². The molecule has 4 unspecified atom stereocenters. The van der Waals surface area contributed by atoms with E-state index < -0.39 is 8.24 Å². The molecule has 1 aromatic heterocycles. The molecular weight excluding hydrogens is 439 g/mol. The maximum Gasteiger partial charge on any atom is 0.387 e. The van der Waals surface area contributed by atoms with E-state index >= 15 is 0 Å². The quantitative estimate of drug-likeness (QED) is 0.301. The van der Waals surface area contributed by atoms with Gasteiger partial charge in [0, 0.05) is 10.6 Å². The van der Waals surface area contributed by atoms with Crippen molar-refractivity contribution in [3.63, 3.8) is 0 Å². The second kappa shape index (κ2) is 13.0. The minimum absolute atomic E-state index is 0.518. The Bertz CT molecular complexity index is 1100. The Morgan fingerprint density at radius 2 is 1.71 bits per heavy atom. The third-order valence-corrected chi connectivity index (χ3v) is 8.79. The molecule has 34 heavy (non-hydrogen) atoms. The van der Waals surface area contributed by atoms with Gasteiger partial charge in [-0.3, -0.25) is 4.52 Å². The van der Waals surface area contributed by atoms with Crippen LogP contribution >= 0.6 is 8.24 Å². The number of hydrogen-bond donors (Lipinski definition) is 0. The third-order valence-electron chi connectivity index (χ3n) is 7.66. The largest absolute Gasteiger partial charge is 0.399 e. The summed E-state index contributed by atoms with van der Waals surface area (Å²) in [6.07, 6.45) is 12.8. The fourth-order valence-corrected chi connectivity index (χ4v) is 6.03. The Kier molecular flexibility index (Phi) is 10.4. The molecule has 0 saturated carbocycles. The van der Waals surface area contributed by atoms with Gasteiger partial charge in [0.15, 0.2) is 0 Å². The predicted octanol–water partition coefficient (Wildman–Crippen LogP) is 8.63. The van der Waals surface area contributed by atoms with Gasteiger partial charge >= 0.3 is 8.24 Å². The third kappa shape index (κ3) is 6.21. The molecule has 4 atom stereocenters. The molecule has 2 aromatic rings. The average Bonchev–Trinajstić information content (AvgIpc) is 3.01. The number of benzene rings is 1. The Morgan fingerprint density at radius 3 is 2.35 bits per heavy atom. The van der Waals surface area contributed by atoms with Crippen molar-refractivity contribution in [3.8, 4) is 0 Å². The van der Waals surface area contributed by atoms with Gasteiger partial charge in [-0.25, -0.2) is 0 Å². The van der Waals surface area contributed by atoms with Crippen LogP contribution < -0.4 is 15.2 Å². The lowest BCUT2D eigenvalue weighted by atomic mass is 9.81. The smallest absolute Gasteiger partial charge is 0.387 e. The molecule has 0 aliphatic heterocycles. The van der Waals surface area contributed by atoms with E-state index in [4.69, 9.17) is 12.9 Å². The second-order valence-electron chi connectivity index (χ2n) is 10.2. The van der Waals surface area contributed by atoms with Crippen LogP contribution in [0.25, 0.3) is 22.6 Å². The van der Waals surface area contributed by atoms with Crippen LogP contribution in [0.1, 0.15) is 117 Å². The standard InChI is InChI=1S/C30H47O3P/c1-8-13-15-23-17-25(21(6)10-3)19-27-28-20-26(22(7)11-4)18-24(16-14-9-2)30(28)33-34(31-12-5)32-29(23)27/h17,19-22,26H,8-16,18H2,1-7H3. The van der Waals surface area contributed by atoms with Gasteiger partial charge < -0.3 is 8.39 Å². The lowest BCUT2D eigenvalue weighted by Gasteiger charge is -2.24. The first-order chi connectivity index (χ1) is 16.5. The molecule has 3 rings (SSSR count). The van der Waals surface area contributed by atoms with Gasteiger partial charge in [0.1, 0.15) is 11.0 Å². The van der Waals surface area contributed by atoms with E-state index in [1.54, 1.807) is 0 Å². The molecule has 1 aliphatic rings. The van der Waals surface area contributed by atoms with Crippen molar-refractivity contribution in [2.24, 2.45) is 11.8 Å². The number of aryl methyl sites for hydroxylation is 1. The van der Waals surface area contributed by atoms with Crippen molar-refractivity contribution in [2.75, 3.05) is 6.61 Å². The highest BCUT2D eigenvalue weighted by Crippen LogP contribution is 2.34. The fourth-order valence-electron chi connectivity index (χ4n) is 4.94. The highest BCUT2D eigenvalue weighted by atomic mass is 31.1. The van der Waals surface area contributed by atoms with Gasteiger partial charge in [0.2, 0.25) is 0 Å². The zero-order chi connectivity index (χ0) is 24.7. The predicted molar refractivity (Wildman–Crippen MR) is 147 cm³/mol. The monoisotopic (exact) mass is 486 g/mol. The van der Waals surface area contributed by atoms with E-state index in [-0.39, 0.29) is 0 Å². The van der Waals surface area contributed by atoms with Crippen LogP contribution in [0.4, 0.5) is 0 Å². The first kappa shape index (κ1) is 27.2. The van der Waals surface area contributed by atoms with Crippen molar-refractivity contribution >= 4 is 30.9 Å². The molecule has 1 aliphatic carbocycles. The second-order valence-corrected chi connectivity index (χ2v) is 11.2. The van der Waals surface area contributed by atoms with Crippen molar-refractivity contribution in [3.05, 3.63) is 33.9 Å². The normalized spacial score (nSPS) is 17.9. The summed E-state index contributed by atoms with van der Waals surface area (Å²) in [7, 11) is -1.46. The topological polar surface area (TPSA) is 35.5 Å². The lowest BCUT2D eigenvalue weighted by molar-refractivity contribution is 0.379. The first-order valence-electron chi connectivity index (χ1n) is 13.9. The van der Waals surface area contributed by atoms with E-state index in [2.05, 4.69) is 59.8 Å². The number of fused-ring (bicyclic) bond motifs is 3. The molecule has 4 heteroatoms. The van der Waals surface area contributed by atoms with Crippen LogP contribution in [-0.4, -0.2) is 6.61 Å². The summed E-state index contributed by atoms with van der Waals surface area (Å²) >= 11 is 0. The molecule has 1 aromatic carbocycles. The van der Waals surface area contributed by atoms with Crippen LogP contribution in [0.2, 0.25) is 0 Å². The zero-order valence-electron chi connectivity index (χ0n) is 22.7. The van der Waals surface area contributed by atoms with Gasteiger partial charge in [-0.1, -0.05) is 72.9 Å². The van der Waals surface area contributed by atoms with Gasteiger partial charge in [0.25, 0.3) is 0 Å². The van der Waals surface area contributed by atoms with E-state index in [0.717, 1.165) is 43.1 Å². The molecule has 190 valence electrons. The maximum atomic E-state index is 6.63. The Balaban J connectivity index is 2.49. The molecule has 0 fully saturated rings. The maximum absolute atomic E-state index is 6.63. The molecule has 0 N–H and O–H groups in total. The zero-order valence-corrected chi connectivity index (χ0v) is 23.6. The van der Waals surface area contributed by atoms with E-state index in [1.165, 1.54) is 53.0 Å². The van der Waals surface area contributed by atoms with E-state index in [9.17, 15) is 0 Å². The Labute approximate surface area is 208 Å². The summed E-state index contributed by atoms with van der Waals surface area (Å²) in [6, 6.07) is 4.79. The van der Waals surface area contributed by atoms with Crippen LogP contribution in [-0.2, 0) is 6.42 Å². The highest BCUT2D eigenvalue weighted by Gasteiger charge is 2.23. The molecule has 0 radical (unpaired) electrons. The summed E-state index contributed by atoms with van der Waals surface area (Å²) in [6.45, 7) is 16.5. The first-order valence-corrected chi connectivity index (χ1v) is 15.0. The lowest BCUT2D eigenvalue weighted by Crippen LogP contribution is -2.33. The molecule has 0 saturated heterocycles. The number of hydrogen-bond acceptors (Lipinski definition) is 3. The van der Waals surface area contributed by atoms with Crippen molar-refractivity contribution < 1.29 is 12.9 Å². The number of unbranched alkanes of at least 4 members (excludes halogenated alkanes) is 2. The summed E-state index contributed by atoms with van der Waals surface area (Å²) in [4.78, 5) is 0. The van der Waals surface area contributed by atoms with Gasteiger partial charge in [-0.15, -0.1) is 0 Å². The van der Waals surface area contributed by atoms with Gasteiger partial charge in [-0.2, -0.15) is 0 Å². The minimum Gasteiger partial charge on any atom is -0.399 e. The van der Waals surface area contributed by atoms with Crippen molar-refractivity contribution in [1.29, 1.82) is 0 Å². The van der Waals surface area contributed by atoms with Crippen molar-refractivity contribution in [1.82, 2.24) is 0 Å². The minimum atomic E-state index is -1.46. The highest BCUT2D eigenvalue weighted by molar-refractivity contribution is 7.31. The molecular formula is C30H47O3P. The molecule has 0 spiro atoms. The van der Waals surface area contributed by atoms with Crippen molar-refractivity contribution in [2.45, 2.75) is 112 Å². The van der Waals surface area contributed by atoms with Gasteiger partial charge in [0.05, 0.1) is 6.61 Å². The van der Waals surface area contributed by atoms with Crippen LogP contribution in [0.5, 0.6) is 0 Å². The average molecular weight is 487 g/mol. The Morgan fingerprint density at radius 1 is 0.971 bits per heavy atom. The summed E-state index contributed by atoms with van der Waals surface area (Å²) in [5, 5.41) is 2.48. The summed E-state index contributed by atoms with van der Waals surface area (Å²) < 4.78 is 19.3. The van der Waals surface area contributed by atoms with Gasteiger partial charge in [-0.05, 0) is 86.0 Å². The molecule has 1 heterocycles. The summed E-state index contributed by atoms with van der Waals surface area (Å²) in [5.74, 6) is 1.70. The molecule has 3 nitrogen and oxygen atoms in total. The summed E-state index contributed by atoms with van der Waals surface area (Å²) in [5.41, 5.74) is 6.24. The fraction of sp³-hybridized carbons (Fsp3) is 0.667. The SMILES string of the molecule is CCCCC1=c2op(OCC)oc3c(CCCC)cc(C(C)CC)cc3c2=CC(C(C)CC)C1. The van der Waals surface area contributed by atoms with E-state index in [1.807, 2.05) is 6.92 Å². The number of rotatable bonds is 12. The van der Waals surface area contributed by atoms with E-state index in [0.29, 0.717) is 24.4 Å². The molecule has 0 amide bonds. The van der Waals surface area contributed by atoms with Crippen LogP contribution in [0.3, 0.4) is 0 Å². The Hall–Kier alpha value is -1.44. The van der Waals surface area contributed by atoms with Crippen LogP contribution in [0, 0.1) is 11.8 Å².